The summed E-state index contributed by atoms with van der Waals surface area (Å²) in [5.41, 5.74) is 6.34. The molecular weight excluding hydrogens is 398 g/mol. The standard InChI is InChI=1S/C24H27N3O2.ClH/c1-16-12-17(2)24(18(3)13-16)25-22(28)15-26-14-21(27-11-5-6-23(26)27)19-7-9-20(29-4)10-8-19;/h7-10,12-14H,5-6,11,15H2,1-4H3;1H. The van der Waals surface area contributed by atoms with Crippen LogP contribution in [-0.2, 0) is 19.5 Å². The first-order valence-corrected chi connectivity index (χ1v) is 10.0. The highest BCUT2D eigenvalue weighted by Crippen LogP contribution is 2.27. The lowest BCUT2D eigenvalue weighted by Gasteiger charge is -2.12. The topological polar surface area (TPSA) is 53.5 Å². The van der Waals surface area contributed by atoms with Gasteiger partial charge in [-0.3, -0.25) is 4.99 Å². The fraction of sp³-hybridized carbons (Fsp3) is 0.333. The molecule has 0 spiro atoms. The van der Waals surface area contributed by atoms with Crippen LogP contribution >= 0.6 is 12.4 Å². The number of fused-ring (bicyclic) bond motifs is 1. The number of ether oxygens (including phenoxy) is 1. The highest BCUT2D eigenvalue weighted by Gasteiger charge is 2.28. The third kappa shape index (κ3) is 4.21. The molecule has 30 heavy (non-hydrogen) atoms. The van der Waals surface area contributed by atoms with Crippen molar-refractivity contribution in [2.75, 3.05) is 7.11 Å². The lowest BCUT2D eigenvalue weighted by Crippen LogP contribution is -2.43. The van der Waals surface area contributed by atoms with Crippen molar-refractivity contribution < 1.29 is 14.4 Å². The maximum absolute atomic E-state index is 12.8. The third-order valence-electron chi connectivity index (χ3n) is 5.56. The van der Waals surface area contributed by atoms with Gasteiger partial charge in [-0.25, -0.2) is 9.13 Å². The summed E-state index contributed by atoms with van der Waals surface area (Å²) in [7, 11) is 1.67. The average molecular weight is 426 g/mol. The van der Waals surface area contributed by atoms with Gasteiger partial charge in [0, 0.05) is 11.5 Å². The minimum Gasteiger partial charge on any atom is -0.859 e. The third-order valence-corrected chi connectivity index (χ3v) is 5.56. The maximum Gasteiger partial charge on any atom is 0.257 e. The Morgan fingerprint density at radius 1 is 1.13 bits per heavy atom. The molecule has 158 valence electrons. The second-order valence-electron chi connectivity index (χ2n) is 7.80. The van der Waals surface area contributed by atoms with Crippen LogP contribution in [0.1, 0.15) is 28.9 Å². The Morgan fingerprint density at radius 3 is 2.43 bits per heavy atom. The number of hydrogen-bond acceptors (Lipinski definition) is 3. The Kier molecular flexibility index (Phi) is 6.52. The number of benzene rings is 2. The Balaban J connectivity index is 0.00000256. The Labute approximate surface area is 184 Å². The number of aliphatic imine (C=N–C) groups is 1. The Morgan fingerprint density at radius 2 is 1.80 bits per heavy atom. The van der Waals surface area contributed by atoms with Crippen LogP contribution in [0.25, 0.3) is 11.3 Å². The van der Waals surface area contributed by atoms with Gasteiger partial charge in [0.1, 0.15) is 18.5 Å². The zero-order valence-electron chi connectivity index (χ0n) is 17.9. The van der Waals surface area contributed by atoms with Crippen LogP contribution in [0.4, 0.5) is 5.69 Å². The molecule has 2 heterocycles. The van der Waals surface area contributed by atoms with Crippen molar-refractivity contribution in [2.45, 2.75) is 46.7 Å². The van der Waals surface area contributed by atoms with E-state index in [4.69, 9.17) is 4.74 Å². The monoisotopic (exact) mass is 425 g/mol. The van der Waals surface area contributed by atoms with Crippen LogP contribution in [0.2, 0.25) is 0 Å². The summed E-state index contributed by atoms with van der Waals surface area (Å²) in [5, 5.41) is 12.8. The van der Waals surface area contributed by atoms with Crippen LogP contribution in [0.15, 0.2) is 47.6 Å². The van der Waals surface area contributed by atoms with E-state index in [1.807, 2.05) is 26.0 Å². The number of halogens is 1. The molecule has 6 heteroatoms. The number of aryl methyl sites for hydroxylation is 3. The summed E-state index contributed by atoms with van der Waals surface area (Å²) in [6.07, 6.45) is 4.16. The van der Waals surface area contributed by atoms with E-state index in [1.165, 1.54) is 11.4 Å². The molecule has 1 aliphatic heterocycles. The first-order chi connectivity index (χ1) is 14.0. The smallest absolute Gasteiger partial charge is 0.257 e. The second-order valence-corrected chi connectivity index (χ2v) is 7.80. The van der Waals surface area contributed by atoms with Crippen molar-refractivity contribution in [3.05, 3.63) is 65.1 Å². The average Bonchev–Trinajstić information content (AvgIpc) is 3.29. The fourth-order valence-electron chi connectivity index (χ4n) is 4.29. The highest BCUT2D eigenvalue weighted by molar-refractivity contribution is 5.85. The van der Waals surface area contributed by atoms with Crippen molar-refractivity contribution in [1.82, 2.24) is 4.57 Å². The van der Waals surface area contributed by atoms with Gasteiger partial charge in [0.25, 0.3) is 5.82 Å². The minimum atomic E-state index is -0.119. The quantitative estimate of drug-likeness (QED) is 0.354. The van der Waals surface area contributed by atoms with E-state index in [1.54, 1.807) is 7.11 Å². The summed E-state index contributed by atoms with van der Waals surface area (Å²) in [6, 6.07) is 12.2. The molecule has 1 aromatic heterocycles. The maximum atomic E-state index is 12.8. The molecule has 0 aliphatic carbocycles. The molecule has 0 saturated heterocycles. The van der Waals surface area contributed by atoms with Gasteiger partial charge in [-0.05, 0) is 62.6 Å². The molecule has 0 amide bonds. The van der Waals surface area contributed by atoms with Gasteiger partial charge in [-0.2, -0.15) is 0 Å². The zero-order chi connectivity index (χ0) is 20.5. The van der Waals surface area contributed by atoms with Gasteiger partial charge < -0.3 is 9.84 Å². The molecule has 0 radical (unpaired) electrons. The molecule has 0 fully saturated rings. The first kappa shape index (κ1) is 21.9. The fourth-order valence-corrected chi connectivity index (χ4v) is 4.29. The summed E-state index contributed by atoms with van der Waals surface area (Å²) in [5.74, 6) is 1.91. The normalized spacial score (nSPS) is 13.1. The highest BCUT2D eigenvalue weighted by atomic mass is 35.5. The number of methoxy groups -OCH3 is 1. The van der Waals surface area contributed by atoms with Crippen molar-refractivity contribution in [2.24, 2.45) is 4.99 Å². The minimum absolute atomic E-state index is 0. The van der Waals surface area contributed by atoms with E-state index in [0.717, 1.165) is 53.2 Å². The van der Waals surface area contributed by atoms with Crippen LogP contribution in [-0.4, -0.2) is 17.6 Å². The van der Waals surface area contributed by atoms with E-state index in [0.29, 0.717) is 0 Å². The predicted molar refractivity (Wildman–Crippen MR) is 120 cm³/mol. The molecule has 0 bridgehead atoms. The van der Waals surface area contributed by atoms with Gasteiger partial charge >= 0.3 is 0 Å². The summed E-state index contributed by atoms with van der Waals surface area (Å²) >= 11 is 0. The lowest BCUT2D eigenvalue weighted by atomic mass is 10.1. The van der Waals surface area contributed by atoms with Gasteiger partial charge in [0.2, 0.25) is 0 Å². The molecule has 1 aliphatic rings. The molecule has 0 saturated carbocycles. The summed E-state index contributed by atoms with van der Waals surface area (Å²) in [6.45, 7) is 7.32. The van der Waals surface area contributed by atoms with Crippen molar-refractivity contribution in [1.29, 1.82) is 0 Å². The van der Waals surface area contributed by atoms with Crippen molar-refractivity contribution in [3.63, 3.8) is 0 Å². The van der Waals surface area contributed by atoms with Crippen LogP contribution < -0.4 is 14.4 Å². The molecule has 0 atom stereocenters. The van der Waals surface area contributed by atoms with Crippen LogP contribution in [0.5, 0.6) is 5.75 Å². The Bertz CT molecular complexity index is 1060. The molecule has 0 unspecified atom stereocenters. The van der Waals surface area contributed by atoms with E-state index < -0.39 is 0 Å². The second kappa shape index (κ2) is 8.92. The van der Waals surface area contributed by atoms with Gasteiger partial charge in [-0.1, -0.05) is 17.7 Å². The number of nitrogens with zero attached hydrogens (tertiary/aromatic N) is 3. The molecule has 0 N–H and O–H groups in total. The summed E-state index contributed by atoms with van der Waals surface area (Å²) in [4.78, 5) is 4.44. The summed E-state index contributed by atoms with van der Waals surface area (Å²) < 4.78 is 9.65. The molecule has 5 nitrogen and oxygen atoms in total. The molecular formula is C24H28ClN3O2. The van der Waals surface area contributed by atoms with Crippen LogP contribution in [0.3, 0.4) is 0 Å². The lowest BCUT2D eigenvalue weighted by molar-refractivity contribution is -0.693. The number of imidazole rings is 1. The van der Waals surface area contributed by atoms with Gasteiger partial charge in [0.15, 0.2) is 5.69 Å². The van der Waals surface area contributed by atoms with E-state index in [-0.39, 0.29) is 24.8 Å². The predicted octanol–water partition coefficient (Wildman–Crippen LogP) is 3.83. The zero-order valence-corrected chi connectivity index (χ0v) is 18.8. The molecule has 4 rings (SSSR count). The number of rotatable bonds is 5. The number of hydrogen-bond donors (Lipinski definition) is 0. The SMILES string of the molecule is COc1ccc(-c2c[n+](CC([O-])=Nc3c(C)cc(C)cc3C)c3n2CCC3)cc1.Cl. The van der Waals surface area contributed by atoms with Crippen LogP contribution in [0, 0.1) is 20.8 Å². The van der Waals surface area contributed by atoms with E-state index in [9.17, 15) is 5.11 Å². The van der Waals surface area contributed by atoms with E-state index >= 15 is 0 Å². The largest absolute Gasteiger partial charge is 0.859 e. The molecule has 2 aromatic carbocycles. The first-order valence-electron chi connectivity index (χ1n) is 10.0. The Hall–Kier alpha value is -2.79. The van der Waals surface area contributed by atoms with Gasteiger partial charge in [0.05, 0.1) is 25.8 Å². The molecule has 3 aromatic rings. The van der Waals surface area contributed by atoms with Crippen molar-refractivity contribution in [3.8, 4) is 17.0 Å². The number of aromatic nitrogens is 2. The van der Waals surface area contributed by atoms with Crippen molar-refractivity contribution >= 4 is 24.0 Å². The van der Waals surface area contributed by atoms with Gasteiger partial charge in [-0.15, -0.1) is 12.4 Å². The van der Waals surface area contributed by atoms with E-state index in [2.05, 4.69) is 51.5 Å².